The zero-order chi connectivity index (χ0) is 39.4. The van der Waals surface area contributed by atoms with E-state index in [1.165, 1.54) is 24.2 Å². The topological polar surface area (TPSA) is 160 Å². The van der Waals surface area contributed by atoms with Crippen molar-refractivity contribution in [2.45, 2.75) is 91.5 Å². The largest absolute Gasteiger partial charge is 0.452 e. The van der Waals surface area contributed by atoms with Gasteiger partial charge in [0.25, 0.3) is 0 Å². The zero-order valence-electron chi connectivity index (χ0n) is 32.4. The fourth-order valence-corrected chi connectivity index (χ4v) is 6.10. The summed E-state index contributed by atoms with van der Waals surface area (Å²) >= 11 is 0. The molecule has 0 aromatic heterocycles. The van der Waals surface area contributed by atoms with Crippen molar-refractivity contribution >= 4 is 46.6 Å². The molecule has 2 heterocycles. The Morgan fingerprint density at radius 1 is 0.611 bits per heavy atom. The van der Waals surface area contributed by atoms with Crippen LogP contribution in [0.15, 0.2) is 70.9 Å². The van der Waals surface area contributed by atoms with Gasteiger partial charge in [0.15, 0.2) is 0 Å². The highest BCUT2D eigenvalue weighted by molar-refractivity contribution is 6.04. The molecule has 0 fully saturated rings. The van der Waals surface area contributed by atoms with E-state index in [4.69, 9.17) is 9.47 Å². The van der Waals surface area contributed by atoms with Gasteiger partial charge >= 0.3 is 12.2 Å². The van der Waals surface area contributed by atoms with E-state index in [2.05, 4.69) is 78.8 Å². The maximum Gasteiger partial charge on any atom is 0.425 e. The van der Waals surface area contributed by atoms with Gasteiger partial charge in [0.05, 0.1) is 38.5 Å². The second kappa shape index (κ2) is 19.7. The maximum atomic E-state index is 13.1. The average Bonchev–Trinajstić information content (AvgIpc) is 3.87. The zero-order valence-corrected chi connectivity index (χ0v) is 32.4. The summed E-state index contributed by atoms with van der Waals surface area (Å²) in [4.78, 5) is 59.1. The number of nitrogens with zero attached hydrogens (tertiary/aromatic N) is 4. The summed E-state index contributed by atoms with van der Waals surface area (Å²) in [6.45, 7) is 11.8. The maximum absolute atomic E-state index is 13.1. The van der Waals surface area contributed by atoms with Crippen molar-refractivity contribution in [1.29, 1.82) is 0 Å². The van der Waals surface area contributed by atoms with E-state index in [0.717, 1.165) is 44.8 Å². The lowest BCUT2D eigenvalue weighted by molar-refractivity contribution is -0.138. The number of nitrogens with one attached hydrogen (secondary N) is 2. The third kappa shape index (κ3) is 10.9. The van der Waals surface area contributed by atoms with Gasteiger partial charge in [-0.3, -0.25) is 19.6 Å². The van der Waals surface area contributed by atoms with Gasteiger partial charge in [0, 0.05) is 50.5 Å². The summed E-state index contributed by atoms with van der Waals surface area (Å²) in [5, 5.41) is 2.50. The van der Waals surface area contributed by atoms with Crippen LogP contribution in [0.3, 0.4) is 0 Å². The molecule has 14 heteroatoms. The van der Waals surface area contributed by atoms with Gasteiger partial charge in [0.1, 0.15) is 12.2 Å². The number of hydrogen-bond acceptors (Lipinski definition) is 10. The molecule has 4 amide bonds. The molecule has 0 aliphatic carbocycles. The molecule has 0 spiro atoms. The molecule has 54 heavy (non-hydrogen) atoms. The summed E-state index contributed by atoms with van der Waals surface area (Å²) in [5.74, 6) is -0.604. The number of benzene rings is 2. The van der Waals surface area contributed by atoms with E-state index in [-0.39, 0.29) is 36.7 Å². The number of aliphatic imine (C=N–C) groups is 2. The lowest BCUT2D eigenvalue weighted by Crippen LogP contribution is -2.51. The summed E-state index contributed by atoms with van der Waals surface area (Å²) in [6, 6.07) is 16.0. The molecule has 0 saturated carbocycles. The number of carbonyl (C=O) groups is 4. The number of ether oxygens (including phenoxy) is 4. The highest BCUT2D eigenvalue weighted by Gasteiger charge is 2.30. The van der Waals surface area contributed by atoms with Gasteiger partial charge in [-0.05, 0) is 74.9 Å². The number of allylic oxidation sites excluding steroid dienone is 2. The van der Waals surface area contributed by atoms with Crippen molar-refractivity contribution in [3.63, 3.8) is 0 Å². The van der Waals surface area contributed by atoms with Gasteiger partial charge < -0.3 is 18.9 Å². The van der Waals surface area contributed by atoms with Crippen molar-refractivity contribution in [3.05, 3.63) is 72.1 Å². The van der Waals surface area contributed by atoms with Crippen LogP contribution in [0.2, 0.25) is 0 Å². The van der Waals surface area contributed by atoms with Gasteiger partial charge in [-0.25, -0.2) is 30.5 Å². The van der Waals surface area contributed by atoms with Crippen LogP contribution in [0.5, 0.6) is 0 Å². The molecule has 14 nitrogen and oxygen atoms in total. The van der Waals surface area contributed by atoms with Gasteiger partial charge in [-0.1, -0.05) is 48.5 Å². The Kier molecular flexibility index (Phi) is 15.1. The van der Waals surface area contributed by atoms with Crippen LogP contribution in [-0.4, -0.2) is 97.2 Å². The number of amides is 4. The molecule has 2 atom stereocenters. The molecule has 0 saturated heterocycles. The van der Waals surface area contributed by atoms with Crippen molar-refractivity contribution in [2.24, 2.45) is 9.98 Å². The van der Waals surface area contributed by atoms with E-state index >= 15 is 0 Å². The minimum Gasteiger partial charge on any atom is -0.452 e. The monoisotopic (exact) mass is 744 g/mol. The minimum atomic E-state index is -0.716. The van der Waals surface area contributed by atoms with Crippen LogP contribution >= 0.6 is 0 Å². The molecule has 2 N–H and O–H groups in total. The van der Waals surface area contributed by atoms with Crippen molar-refractivity contribution in [2.75, 3.05) is 27.4 Å². The predicted octanol–water partition coefficient (Wildman–Crippen LogP) is 6.33. The van der Waals surface area contributed by atoms with E-state index < -0.39 is 24.4 Å². The molecule has 2 aromatic rings. The van der Waals surface area contributed by atoms with Crippen molar-refractivity contribution in [1.82, 2.24) is 20.9 Å². The standard InChI is InChI=1S/C40H52N6O8/c1-9-53-35(21-37(47)45(25(3)4)43-39(49)51-7)33-19-31(23-41-33)29-15-11-27(12-16-29)28-13-17-30(18-14-28)32-20-34(42-24-32)36(54-10-2)22-38(48)46(26(5)6)44-40(50)52-8/h11-18,23-26,35-36H,9-10,19-22H2,1-8H3,(H,43,49)(H,44,50)/t35-,36-/m1/s1. The first-order valence-corrected chi connectivity index (χ1v) is 18.2. The van der Waals surface area contributed by atoms with Crippen LogP contribution in [0.4, 0.5) is 9.59 Å². The molecule has 4 rings (SSSR count). The third-order valence-electron chi connectivity index (χ3n) is 8.92. The Bertz CT molecular complexity index is 1640. The Morgan fingerprint density at radius 2 is 0.944 bits per heavy atom. The molecular weight excluding hydrogens is 692 g/mol. The normalized spacial score (nSPS) is 14.8. The Labute approximate surface area is 317 Å². The second-order valence-electron chi connectivity index (χ2n) is 13.3. The van der Waals surface area contributed by atoms with Crippen LogP contribution in [0.1, 0.15) is 78.4 Å². The molecular formula is C40H52N6O8. The summed E-state index contributed by atoms with van der Waals surface area (Å²) in [7, 11) is 2.49. The SMILES string of the molecule is CCO[C@H](CC(=O)N(NC(=O)OC)C(C)C)C1=NC=C(c2ccc(-c3ccc(C4=CN=C([C@@H](CC(=O)N(NC(=O)OC)C(C)C)OCC)C4)cc3)cc2)C1. The van der Waals surface area contributed by atoms with E-state index in [1.807, 2.05) is 26.2 Å². The lowest BCUT2D eigenvalue weighted by Gasteiger charge is -2.28. The van der Waals surface area contributed by atoms with Crippen LogP contribution in [-0.2, 0) is 28.5 Å². The fourth-order valence-electron chi connectivity index (χ4n) is 6.10. The fraction of sp³-hybridized carbons (Fsp3) is 0.450. The van der Waals surface area contributed by atoms with Crippen molar-refractivity contribution in [3.8, 4) is 11.1 Å². The molecule has 2 aromatic carbocycles. The Balaban J connectivity index is 1.35. The first kappa shape index (κ1) is 41.4. The summed E-state index contributed by atoms with van der Waals surface area (Å²) < 4.78 is 21.2. The number of hydrazine groups is 2. The molecule has 2 aliphatic rings. The van der Waals surface area contributed by atoms with Gasteiger partial charge in [-0.2, -0.15) is 0 Å². The molecule has 290 valence electrons. The van der Waals surface area contributed by atoms with Crippen LogP contribution in [0.25, 0.3) is 22.3 Å². The average molecular weight is 745 g/mol. The summed E-state index contributed by atoms with van der Waals surface area (Å²) in [6.07, 6.45) is 2.25. The molecule has 0 radical (unpaired) electrons. The Morgan fingerprint density at radius 3 is 1.24 bits per heavy atom. The number of methoxy groups -OCH3 is 2. The number of carbonyl (C=O) groups excluding carboxylic acids is 4. The van der Waals surface area contributed by atoms with Crippen molar-refractivity contribution < 1.29 is 38.1 Å². The summed E-state index contributed by atoms with van der Waals surface area (Å²) in [5.41, 5.74) is 12.6. The molecule has 2 aliphatic heterocycles. The smallest absolute Gasteiger partial charge is 0.425 e. The van der Waals surface area contributed by atoms with Crippen LogP contribution < -0.4 is 10.9 Å². The second-order valence-corrected chi connectivity index (χ2v) is 13.3. The van der Waals surface area contributed by atoms with Gasteiger partial charge in [-0.15, -0.1) is 0 Å². The first-order valence-electron chi connectivity index (χ1n) is 18.2. The van der Waals surface area contributed by atoms with E-state index in [9.17, 15) is 19.2 Å². The minimum absolute atomic E-state index is 0.0231. The quantitative estimate of drug-likeness (QED) is 0.200. The molecule has 0 unspecified atom stereocenters. The van der Waals surface area contributed by atoms with E-state index in [1.54, 1.807) is 27.7 Å². The number of hydrogen-bond donors (Lipinski definition) is 2. The lowest BCUT2D eigenvalue weighted by atomic mass is 9.95. The Hall–Kier alpha value is -5.34. The van der Waals surface area contributed by atoms with Gasteiger partial charge in [0.2, 0.25) is 11.8 Å². The highest BCUT2D eigenvalue weighted by Crippen LogP contribution is 2.31. The van der Waals surface area contributed by atoms with Crippen LogP contribution in [0, 0.1) is 0 Å². The number of rotatable bonds is 15. The first-order chi connectivity index (χ1) is 25.9. The highest BCUT2D eigenvalue weighted by atomic mass is 16.5. The predicted molar refractivity (Wildman–Crippen MR) is 207 cm³/mol. The third-order valence-corrected chi connectivity index (χ3v) is 8.92. The van der Waals surface area contributed by atoms with E-state index in [0.29, 0.717) is 26.1 Å². The molecule has 0 bridgehead atoms.